The van der Waals surface area contributed by atoms with Gasteiger partial charge in [0.1, 0.15) is 0 Å². The lowest BCUT2D eigenvalue weighted by Crippen LogP contribution is -2.62. The highest BCUT2D eigenvalue weighted by molar-refractivity contribution is 5.41. The molecule has 1 aromatic carbocycles. The van der Waals surface area contributed by atoms with Crippen LogP contribution < -0.4 is 0 Å². The molecule has 0 aliphatic carbocycles. The summed E-state index contributed by atoms with van der Waals surface area (Å²) in [6, 6.07) is 6.27. The Morgan fingerprint density at radius 3 is 1.85 bits per heavy atom. The third-order valence-electron chi connectivity index (χ3n) is 3.84. The topological polar surface area (TPSA) is 33.0 Å². The Hall–Kier alpha value is -1.96. The molecule has 0 radical (unpaired) electrons. The van der Waals surface area contributed by atoms with Crippen LogP contribution >= 0.6 is 0 Å². The van der Waals surface area contributed by atoms with Crippen molar-refractivity contribution >= 4 is 0 Å². The predicted molar refractivity (Wildman–Crippen MR) is 71.0 cm³/mol. The molecule has 0 saturated carbocycles. The Labute approximate surface area is 142 Å². The van der Waals surface area contributed by atoms with Gasteiger partial charge >= 0.3 is 23.9 Å². The highest BCUT2D eigenvalue weighted by atomic mass is 19.4. The smallest absolute Gasteiger partial charge is 0.374 e. The van der Waals surface area contributed by atoms with Gasteiger partial charge in [-0.2, -0.15) is 44.8 Å². The summed E-state index contributed by atoms with van der Waals surface area (Å²) in [6.07, 6.45) is -9.12. The van der Waals surface area contributed by atoms with Crippen molar-refractivity contribution in [2.45, 2.75) is 42.9 Å². The monoisotopic (exact) mass is 393 g/mol. The van der Waals surface area contributed by atoms with Crippen LogP contribution in [-0.2, 0) is 10.3 Å². The highest BCUT2D eigenvalue weighted by Gasteiger charge is 2.82. The molecule has 0 amide bonds. The maximum absolute atomic E-state index is 13.9. The van der Waals surface area contributed by atoms with E-state index in [4.69, 9.17) is 10.00 Å². The SMILES string of the molecule is COC(C)(CC(F)(F)C(F)(F)C(F)(F)C(F)(F)F)c1ccccc1C#N. The highest BCUT2D eigenvalue weighted by Crippen LogP contribution is 2.56. The molecule has 1 aromatic rings. The van der Waals surface area contributed by atoms with Crippen LogP contribution in [0.4, 0.5) is 39.5 Å². The van der Waals surface area contributed by atoms with Crippen LogP contribution in [0.2, 0.25) is 0 Å². The maximum Gasteiger partial charge on any atom is 0.460 e. The number of methoxy groups -OCH3 is 1. The fourth-order valence-electron chi connectivity index (χ4n) is 2.26. The molecule has 2 nitrogen and oxygen atoms in total. The molecule has 11 heteroatoms. The Bertz CT molecular complexity index is 693. The summed E-state index contributed by atoms with van der Waals surface area (Å²) in [5.41, 5.74) is -3.10. The van der Waals surface area contributed by atoms with E-state index in [0.717, 1.165) is 26.2 Å². The van der Waals surface area contributed by atoms with E-state index in [9.17, 15) is 39.5 Å². The molecule has 0 aliphatic rings. The van der Waals surface area contributed by atoms with Crippen LogP contribution in [0.1, 0.15) is 24.5 Å². The lowest BCUT2D eigenvalue weighted by molar-refractivity contribution is -0.400. The summed E-state index contributed by atoms with van der Waals surface area (Å²) in [7, 11) is 0.768. The number of alkyl halides is 9. The first-order chi connectivity index (χ1) is 11.6. The number of hydrogen-bond donors (Lipinski definition) is 0. The van der Waals surface area contributed by atoms with Crippen LogP contribution in [-0.4, -0.2) is 31.1 Å². The van der Waals surface area contributed by atoms with Crippen molar-refractivity contribution in [2.24, 2.45) is 0 Å². The van der Waals surface area contributed by atoms with Crippen molar-refractivity contribution in [3.8, 4) is 6.07 Å². The molecular formula is C15H12F9NO. The Kier molecular flexibility index (Phi) is 5.64. The fourth-order valence-corrected chi connectivity index (χ4v) is 2.26. The van der Waals surface area contributed by atoms with Crippen LogP contribution in [0.3, 0.4) is 0 Å². The minimum absolute atomic E-state index is 0.293. The molecule has 0 heterocycles. The summed E-state index contributed by atoms with van der Waals surface area (Å²) in [5.74, 6) is -19.5. The van der Waals surface area contributed by atoms with Gasteiger partial charge in [0, 0.05) is 12.7 Å². The van der Waals surface area contributed by atoms with Gasteiger partial charge in [0.25, 0.3) is 0 Å². The number of rotatable bonds is 6. The van der Waals surface area contributed by atoms with E-state index >= 15 is 0 Å². The second kappa shape index (κ2) is 6.64. The molecular weight excluding hydrogens is 381 g/mol. The van der Waals surface area contributed by atoms with Gasteiger partial charge in [-0.25, -0.2) is 0 Å². The van der Waals surface area contributed by atoms with Crippen molar-refractivity contribution in [1.29, 1.82) is 5.26 Å². The molecule has 0 N–H and O–H groups in total. The summed E-state index contributed by atoms with van der Waals surface area (Å²) >= 11 is 0. The van der Waals surface area contributed by atoms with Gasteiger partial charge in [-0.05, 0) is 13.0 Å². The first-order valence-corrected chi connectivity index (χ1v) is 6.82. The third-order valence-corrected chi connectivity index (χ3v) is 3.84. The molecule has 1 atom stereocenters. The number of halogens is 9. The number of ether oxygens (including phenoxy) is 1. The molecule has 1 unspecified atom stereocenters. The van der Waals surface area contributed by atoms with Crippen molar-refractivity contribution in [3.05, 3.63) is 35.4 Å². The Balaban J connectivity index is 3.43. The van der Waals surface area contributed by atoms with Crippen molar-refractivity contribution in [1.82, 2.24) is 0 Å². The first-order valence-electron chi connectivity index (χ1n) is 6.82. The lowest BCUT2D eigenvalue weighted by atomic mass is 9.83. The zero-order valence-electron chi connectivity index (χ0n) is 13.3. The zero-order valence-corrected chi connectivity index (χ0v) is 13.3. The summed E-state index contributed by atoms with van der Waals surface area (Å²) in [5, 5.41) is 8.96. The molecule has 146 valence electrons. The standard InChI is InChI=1S/C15H12F9NO/c1-11(26-2,10-6-4-3-5-9(10)7-25)8-12(16,17)13(18,19)14(20,21)15(22,23)24/h3-6H,8H2,1-2H3. The molecule has 0 spiro atoms. The molecule has 1 rings (SSSR count). The minimum Gasteiger partial charge on any atom is -0.374 e. The predicted octanol–water partition coefficient (Wildman–Crippen LogP) is 5.28. The summed E-state index contributed by atoms with van der Waals surface area (Å²) < 4.78 is 122. The van der Waals surface area contributed by atoms with E-state index in [1.165, 1.54) is 12.1 Å². The average Bonchev–Trinajstić information content (AvgIpc) is 2.52. The Morgan fingerprint density at radius 2 is 1.42 bits per heavy atom. The van der Waals surface area contributed by atoms with Gasteiger partial charge in [-0.3, -0.25) is 0 Å². The van der Waals surface area contributed by atoms with E-state index in [1.54, 1.807) is 6.07 Å². The second-order valence-electron chi connectivity index (χ2n) is 5.62. The molecule has 0 bridgehead atoms. The fraction of sp³-hybridized carbons (Fsp3) is 0.533. The number of benzene rings is 1. The second-order valence-corrected chi connectivity index (χ2v) is 5.62. The maximum atomic E-state index is 13.9. The zero-order chi connectivity index (χ0) is 20.6. The first kappa shape index (κ1) is 22.1. The number of nitrogens with zero attached hydrogens (tertiary/aromatic N) is 1. The van der Waals surface area contributed by atoms with E-state index in [2.05, 4.69) is 0 Å². The Morgan fingerprint density at radius 1 is 0.923 bits per heavy atom. The van der Waals surface area contributed by atoms with Gasteiger partial charge in [-0.1, -0.05) is 18.2 Å². The summed E-state index contributed by atoms with van der Waals surface area (Å²) in [4.78, 5) is 0. The number of hydrogen-bond acceptors (Lipinski definition) is 2. The van der Waals surface area contributed by atoms with Crippen LogP contribution in [0.5, 0.6) is 0 Å². The molecule has 0 aliphatic heterocycles. The minimum atomic E-state index is -6.98. The van der Waals surface area contributed by atoms with Crippen molar-refractivity contribution < 1.29 is 44.3 Å². The van der Waals surface area contributed by atoms with Gasteiger partial charge in [0.15, 0.2) is 0 Å². The van der Waals surface area contributed by atoms with E-state index < -0.39 is 36.0 Å². The van der Waals surface area contributed by atoms with Crippen molar-refractivity contribution in [3.63, 3.8) is 0 Å². The van der Waals surface area contributed by atoms with Crippen LogP contribution in [0.25, 0.3) is 0 Å². The van der Waals surface area contributed by atoms with Gasteiger partial charge in [0.2, 0.25) is 0 Å². The van der Waals surface area contributed by atoms with E-state index in [1.807, 2.05) is 0 Å². The molecule has 26 heavy (non-hydrogen) atoms. The number of nitriles is 1. The molecule has 0 aromatic heterocycles. The quantitative estimate of drug-likeness (QED) is 0.617. The van der Waals surface area contributed by atoms with Gasteiger partial charge < -0.3 is 4.74 Å². The van der Waals surface area contributed by atoms with E-state index in [-0.39, 0.29) is 11.1 Å². The van der Waals surface area contributed by atoms with Crippen LogP contribution in [0, 0.1) is 11.3 Å². The van der Waals surface area contributed by atoms with Gasteiger partial charge in [0.05, 0.1) is 23.7 Å². The van der Waals surface area contributed by atoms with Crippen LogP contribution in [0.15, 0.2) is 24.3 Å². The lowest BCUT2D eigenvalue weighted by Gasteiger charge is -2.38. The summed E-state index contributed by atoms with van der Waals surface area (Å²) in [6.45, 7) is 0.777. The normalized spacial score (nSPS) is 16.1. The largest absolute Gasteiger partial charge is 0.460 e. The molecule has 0 fully saturated rings. The van der Waals surface area contributed by atoms with Crippen molar-refractivity contribution in [2.75, 3.05) is 7.11 Å². The molecule has 0 saturated heterocycles. The average molecular weight is 393 g/mol. The van der Waals surface area contributed by atoms with E-state index in [0.29, 0.717) is 0 Å². The third kappa shape index (κ3) is 3.47. The van der Waals surface area contributed by atoms with Gasteiger partial charge in [-0.15, -0.1) is 0 Å².